The first-order valence-corrected chi connectivity index (χ1v) is 8.09. The number of carbonyl (C=O) groups is 1. The first kappa shape index (κ1) is 14.4. The van der Waals surface area contributed by atoms with E-state index in [2.05, 4.69) is 20.1 Å². The maximum absolute atomic E-state index is 12.0. The molecule has 21 heavy (non-hydrogen) atoms. The molecule has 1 aromatic heterocycles. The number of benzene rings is 1. The van der Waals surface area contributed by atoms with E-state index in [4.69, 9.17) is 11.6 Å². The predicted molar refractivity (Wildman–Crippen MR) is 83.8 cm³/mol. The number of nitrogens with one attached hydrogen (secondary N) is 1. The van der Waals surface area contributed by atoms with E-state index in [1.165, 1.54) is 24.6 Å². The molecule has 1 N–H and O–H groups in total. The summed E-state index contributed by atoms with van der Waals surface area (Å²) in [4.78, 5) is 12.0. The number of thioether (sulfide) groups is 1. The van der Waals surface area contributed by atoms with Crippen LogP contribution in [0.2, 0.25) is 5.02 Å². The summed E-state index contributed by atoms with van der Waals surface area (Å²) in [6.45, 7) is 1.95. The molecule has 0 unspecified atom stereocenters. The molecule has 0 aliphatic heterocycles. The molecule has 3 rings (SSSR count). The highest BCUT2D eigenvalue weighted by Crippen LogP contribution is 2.38. The zero-order valence-corrected chi connectivity index (χ0v) is 13.1. The predicted octanol–water partition coefficient (Wildman–Crippen LogP) is 3.31. The van der Waals surface area contributed by atoms with Crippen molar-refractivity contribution < 1.29 is 4.79 Å². The Bertz CT molecular complexity index is 651. The third kappa shape index (κ3) is 3.57. The second kappa shape index (κ2) is 6.07. The summed E-state index contributed by atoms with van der Waals surface area (Å²) in [7, 11) is 0. The summed E-state index contributed by atoms with van der Waals surface area (Å²) in [5.74, 6) is 1.16. The standard InChI is InChI=1S/C14H15ClN4OS/c1-9-17-18-14(19(9)12-6-7-12)21-8-13(20)16-11-4-2-10(15)3-5-11/h2-5,12H,6-8H2,1H3,(H,16,20). The Balaban J connectivity index is 1.57. The van der Waals surface area contributed by atoms with Gasteiger partial charge < -0.3 is 9.88 Å². The summed E-state index contributed by atoms with van der Waals surface area (Å²) in [6.07, 6.45) is 2.34. The van der Waals surface area contributed by atoms with Crippen molar-refractivity contribution in [3.63, 3.8) is 0 Å². The van der Waals surface area contributed by atoms with Crippen LogP contribution in [-0.4, -0.2) is 26.4 Å². The van der Waals surface area contributed by atoms with Gasteiger partial charge in [0.25, 0.3) is 0 Å². The minimum atomic E-state index is -0.0645. The lowest BCUT2D eigenvalue weighted by Crippen LogP contribution is -2.14. The number of anilines is 1. The highest BCUT2D eigenvalue weighted by atomic mass is 35.5. The van der Waals surface area contributed by atoms with Crippen LogP contribution in [0.1, 0.15) is 24.7 Å². The van der Waals surface area contributed by atoms with Gasteiger partial charge >= 0.3 is 0 Å². The molecule has 1 amide bonds. The molecule has 110 valence electrons. The quantitative estimate of drug-likeness (QED) is 0.858. The Morgan fingerprint density at radius 3 is 2.76 bits per heavy atom. The van der Waals surface area contributed by atoms with Gasteiger partial charge in [-0.25, -0.2) is 0 Å². The van der Waals surface area contributed by atoms with Crippen molar-refractivity contribution in [2.75, 3.05) is 11.1 Å². The van der Waals surface area contributed by atoms with Gasteiger partial charge in [0.15, 0.2) is 5.16 Å². The molecule has 1 saturated carbocycles. The Kier molecular flexibility index (Phi) is 4.17. The normalized spacial score (nSPS) is 14.2. The van der Waals surface area contributed by atoms with E-state index in [9.17, 15) is 4.79 Å². The van der Waals surface area contributed by atoms with Gasteiger partial charge in [0.2, 0.25) is 5.91 Å². The molecule has 1 aromatic carbocycles. The number of aromatic nitrogens is 3. The second-order valence-electron chi connectivity index (χ2n) is 4.97. The Morgan fingerprint density at radius 2 is 2.10 bits per heavy atom. The van der Waals surface area contributed by atoms with E-state index >= 15 is 0 Å². The van der Waals surface area contributed by atoms with E-state index in [1.807, 2.05) is 6.92 Å². The zero-order chi connectivity index (χ0) is 14.8. The fourth-order valence-electron chi connectivity index (χ4n) is 2.06. The summed E-state index contributed by atoms with van der Waals surface area (Å²) in [5, 5.41) is 12.5. The number of hydrogen-bond acceptors (Lipinski definition) is 4. The van der Waals surface area contributed by atoms with E-state index in [1.54, 1.807) is 24.3 Å². The van der Waals surface area contributed by atoms with Crippen LogP contribution in [0.4, 0.5) is 5.69 Å². The van der Waals surface area contributed by atoms with Crippen LogP contribution in [0, 0.1) is 6.92 Å². The van der Waals surface area contributed by atoms with E-state index in [-0.39, 0.29) is 5.91 Å². The van der Waals surface area contributed by atoms with Crippen LogP contribution in [0.25, 0.3) is 0 Å². The molecule has 2 aromatic rings. The van der Waals surface area contributed by atoms with Crippen molar-refractivity contribution in [3.8, 4) is 0 Å². The summed E-state index contributed by atoms with van der Waals surface area (Å²) in [6, 6.07) is 7.57. The number of carbonyl (C=O) groups excluding carboxylic acids is 1. The lowest BCUT2D eigenvalue weighted by molar-refractivity contribution is -0.113. The minimum Gasteiger partial charge on any atom is -0.325 e. The number of halogens is 1. The maximum atomic E-state index is 12.0. The molecule has 5 nitrogen and oxygen atoms in total. The molecule has 1 heterocycles. The smallest absolute Gasteiger partial charge is 0.234 e. The van der Waals surface area contributed by atoms with Crippen molar-refractivity contribution in [1.29, 1.82) is 0 Å². The van der Waals surface area contributed by atoms with Crippen LogP contribution >= 0.6 is 23.4 Å². The van der Waals surface area contributed by atoms with Crippen LogP contribution in [0.3, 0.4) is 0 Å². The fraction of sp³-hybridized carbons (Fsp3) is 0.357. The van der Waals surface area contributed by atoms with Gasteiger partial charge in [-0.2, -0.15) is 0 Å². The van der Waals surface area contributed by atoms with Crippen molar-refractivity contribution in [2.24, 2.45) is 0 Å². The van der Waals surface area contributed by atoms with E-state index < -0.39 is 0 Å². The van der Waals surface area contributed by atoms with Crippen LogP contribution in [0.15, 0.2) is 29.4 Å². The van der Waals surface area contributed by atoms with Crippen LogP contribution in [-0.2, 0) is 4.79 Å². The van der Waals surface area contributed by atoms with Crippen LogP contribution < -0.4 is 5.32 Å². The van der Waals surface area contributed by atoms with Gasteiger partial charge in [-0.15, -0.1) is 10.2 Å². The number of aryl methyl sites for hydroxylation is 1. The zero-order valence-electron chi connectivity index (χ0n) is 11.5. The fourth-order valence-corrected chi connectivity index (χ4v) is 3.04. The van der Waals surface area contributed by atoms with Crippen molar-refractivity contribution in [2.45, 2.75) is 31.0 Å². The molecule has 1 aliphatic carbocycles. The SMILES string of the molecule is Cc1nnc(SCC(=O)Nc2ccc(Cl)cc2)n1C1CC1. The first-order valence-electron chi connectivity index (χ1n) is 6.73. The summed E-state index contributed by atoms with van der Waals surface area (Å²) < 4.78 is 2.13. The van der Waals surface area contributed by atoms with Gasteiger partial charge in [0, 0.05) is 16.8 Å². The first-order chi connectivity index (χ1) is 10.1. The number of rotatable bonds is 5. The lowest BCUT2D eigenvalue weighted by Gasteiger charge is -2.07. The number of hydrogen-bond donors (Lipinski definition) is 1. The molecule has 0 spiro atoms. The highest BCUT2D eigenvalue weighted by molar-refractivity contribution is 7.99. The third-order valence-corrected chi connectivity index (χ3v) is 4.40. The van der Waals surface area contributed by atoms with E-state index in [0.717, 1.165) is 16.7 Å². The number of amides is 1. The van der Waals surface area contributed by atoms with Gasteiger partial charge in [-0.3, -0.25) is 4.79 Å². The highest BCUT2D eigenvalue weighted by Gasteiger charge is 2.28. The monoisotopic (exact) mass is 322 g/mol. The minimum absolute atomic E-state index is 0.0645. The molecule has 0 radical (unpaired) electrons. The summed E-state index contributed by atoms with van der Waals surface area (Å²) in [5.41, 5.74) is 0.741. The molecular formula is C14H15ClN4OS. The topological polar surface area (TPSA) is 59.8 Å². The molecule has 0 bridgehead atoms. The average molecular weight is 323 g/mol. The summed E-state index contributed by atoms with van der Waals surface area (Å²) >= 11 is 7.23. The lowest BCUT2D eigenvalue weighted by atomic mass is 10.3. The molecular weight excluding hydrogens is 308 g/mol. The molecule has 0 saturated heterocycles. The van der Waals surface area contributed by atoms with Gasteiger partial charge in [-0.05, 0) is 44.0 Å². The molecule has 1 fully saturated rings. The van der Waals surface area contributed by atoms with Gasteiger partial charge in [0.1, 0.15) is 5.82 Å². The van der Waals surface area contributed by atoms with Gasteiger partial charge in [-0.1, -0.05) is 23.4 Å². The molecule has 1 aliphatic rings. The number of nitrogens with zero attached hydrogens (tertiary/aromatic N) is 3. The average Bonchev–Trinajstić information content (AvgIpc) is 3.23. The van der Waals surface area contributed by atoms with Gasteiger partial charge in [0.05, 0.1) is 5.75 Å². The van der Waals surface area contributed by atoms with Crippen molar-refractivity contribution >= 4 is 35.0 Å². The Labute approximate surface area is 132 Å². The third-order valence-electron chi connectivity index (χ3n) is 3.21. The van der Waals surface area contributed by atoms with Crippen molar-refractivity contribution in [3.05, 3.63) is 35.1 Å². The van der Waals surface area contributed by atoms with Crippen molar-refractivity contribution in [1.82, 2.24) is 14.8 Å². The largest absolute Gasteiger partial charge is 0.325 e. The molecule has 7 heteroatoms. The van der Waals surface area contributed by atoms with E-state index in [0.29, 0.717) is 16.8 Å². The molecule has 0 atom stereocenters. The Hall–Kier alpha value is -1.53. The maximum Gasteiger partial charge on any atom is 0.234 e. The Morgan fingerprint density at radius 1 is 1.38 bits per heavy atom. The second-order valence-corrected chi connectivity index (χ2v) is 6.35. The van der Waals surface area contributed by atoms with Crippen LogP contribution in [0.5, 0.6) is 0 Å².